The normalized spacial score (nSPS) is 8.57. The molecule has 0 N–H and O–H groups in total. The molecule has 0 amide bonds. The molecule has 0 saturated heterocycles. The molecule has 0 aliphatic carbocycles. The van der Waals surface area contributed by atoms with Crippen LogP contribution in [0.25, 0.3) is 0 Å². The predicted molar refractivity (Wildman–Crippen MR) is 63.0 cm³/mol. The Bertz CT molecular complexity index is 277. The summed E-state index contributed by atoms with van der Waals surface area (Å²) in [4.78, 5) is 0. The van der Waals surface area contributed by atoms with Gasteiger partial charge in [0.05, 0.1) is 7.11 Å². The summed E-state index contributed by atoms with van der Waals surface area (Å²) in [5, 5.41) is 0. The fourth-order valence-electron chi connectivity index (χ4n) is 1.18. The molecule has 0 aliphatic rings. The van der Waals surface area contributed by atoms with Crippen molar-refractivity contribution >= 4 is 0 Å². The molecule has 0 atom stereocenters. The second kappa shape index (κ2) is 7.19. The third-order valence-corrected chi connectivity index (χ3v) is 1.81. The van der Waals surface area contributed by atoms with Crippen molar-refractivity contribution < 1.29 is 4.74 Å². The molecule has 0 unspecified atom stereocenters. The minimum atomic E-state index is 0.865. The van der Waals surface area contributed by atoms with Crippen LogP contribution in [0, 0.1) is 6.92 Å². The van der Waals surface area contributed by atoms with Gasteiger partial charge in [-0.1, -0.05) is 32.1 Å². The van der Waals surface area contributed by atoms with E-state index < -0.39 is 0 Å². The Morgan fingerprint density at radius 2 is 2.00 bits per heavy atom. The number of hydrogen-bond acceptors (Lipinski definition) is 1. The summed E-state index contributed by atoms with van der Waals surface area (Å²) >= 11 is 0. The van der Waals surface area contributed by atoms with Crippen molar-refractivity contribution in [1.82, 2.24) is 0 Å². The van der Waals surface area contributed by atoms with Crippen molar-refractivity contribution in [2.45, 2.75) is 27.2 Å². The van der Waals surface area contributed by atoms with Gasteiger partial charge in [0.25, 0.3) is 0 Å². The van der Waals surface area contributed by atoms with Crippen molar-refractivity contribution in [2.75, 3.05) is 7.11 Å². The number of allylic oxidation sites excluding steroid dienone is 1. The van der Waals surface area contributed by atoms with Crippen LogP contribution in [-0.2, 0) is 6.42 Å². The second-order valence-electron chi connectivity index (χ2n) is 2.81. The maximum Gasteiger partial charge on any atom is 0.122 e. The SMILES string of the molecule is C=CCc1ccc(C)cc1OC.CC. The molecule has 1 rings (SSSR count). The van der Waals surface area contributed by atoms with Gasteiger partial charge in [-0.3, -0.25) is 0 Å². The average molecular weight is 192 g/mol. The van der Waals surface area contributed by atoms with E-state index in [-0.39, 0.29) is 0 Å². The summed E-state index contributed by atoms with van der Waals surface area (Å²) in [6.07, 6.45) is 2.75. The predicted octanol–water partition coefficient (Wildman–Crippen LogP) is 3.76. The Labute approximate surface area is 87.4 Å². The number of methoxy groups -OCH3 is 1. The molecule has 0 spiro atoms. The van der Waals surface area contributed by atoms with E-state index in [0.29, 0.717) is 0 Å². The first-order chi connectivity index (χ1) is 6.77. The highest BCUT2D eigenvalue weighted by Gasteiger charge is 1.99. The van der Waals surface area contributed by atoms with Gasteiger partial charge in [0.2, 0.25) is 0 Å². The summed E-state index contributed by atoms with van der Waals surface area (Å²) in [5.74, 6) is 0.954. The van der Waals surface area contributed by atoms with Gasteiger partial charge in [-0.05, 0) is 30.5 Å². The molecule has 0 radical (unpaired) electrons. The van der Waals surface area contributed by atoms with Gasteiger partial charge in [0.15, 0.2) is 0 Å². The third-order valence-electron chi connectivity index (χ3n) is 1.81. The lowest BCUT2D eigenvalue weighted by atomic mass is 10.1. The lowest BCUT2D eigenvalue weighted by Crippen LogP contribution is -1.90. The Hall–Kier alpha value is -1.24. The van der Waals surface area contributed by atoms with Crippen LogP contribution in [0.1, 0.15) is 25.0 Å². The molecule has 1 nitrogen and oxygen atoms in total. The fourth-order valence-corrected chi connectivity index (χ4v) is 1.18. The van der Waals surface area contributed by atoms with E-state index in [1.165, 1.54) is 11.1 Å². The van der Waals surface area contributed by atoms with E-state index in [4.69, 9.17) is 4.74 Å². The van der Waals surface area contributed by atoms with E-state index in [1.807, 2.05) is 26.0 Å². The van der Waals surface area contributed by atoms with Crippen LogP contribution in [0.5, 0.6) is 5.75 Å². The molecule has 0 aromatic heterocycles. The number of benzene rings is 1. The Morgan fingerprint density at radius 1 is 1.36 bits per heavy atom. The largest absolute Gasteiger partial charge is 0.496 e. The molecule has 0 heterocycles. The summed E-state index contributed by atoms with van der Waals surface area (Å²) in [5.41, 5.74) is 2.41. The molecule has 0 bridgehead atoms. The van der Waals surface area contributed by atoms with Gasteiger partial charge < -0.3 is 4.74 Å². The van der Waals surface area contributed by atoms with Gasteiger partial charge >= 0.3 is 0 Å². The highest BCUT2D eigenvalue weighted by Crippen LogP contribution is 2.20. The topological polar surface area (TPSA) is 9.23 Å². The van der Waals surface area contributed by atoms with E-state index in [2.05, 4.69) is 25.6 Å². The lowest BCUT2D eigenvalue weighted by molar-refractivity contribution is 0.410. The van der Waals surface area contributed by atoms with Crippen LogP contribution in [0.2, 0.25) is 0 Å². The molecule has 14 heavy (non-hydrogen) atoms. The highest BCUT2D eigenvalue weighted by molar-refractivity contribution is 5.38. The standard InChI is InChI=1S/C11H14O.C2H6/c1-4-5-10-7-6-9(2)8-11(10)12-3;1-2/h4,6-8H,1,5H2,2-3H3;1-2H3. The van der Waals surface area contributed by atoms with Gasteiger partial charge in [-0.2, -0.15) is 0 Å². The molecule has 0 fully saturated rings. The Kier molecular flexibility index (Phi) is 6.55. The first-order valence-electron chi connectivity index (χ1n) is 5.02. The zero-order valence-electron chi connectivity index (χ0n) is 9.63. The monoisotopic (exact) mass is 192 g/mol. The molecule has 1 aromatic carbocycles. The summed E-state index contributed by atoms with van der Waals surface area (Å²) in [6.45, 7) is 9.75. The number of ether oxygens (including phenoxy) is 1. The van der Waals surface area contributed by atoms with Crippen LogP contribution >= 0.6 is 0 Å². The molecule has 1 aromatic rings. The van der Waals surface area contributed by atoms with Crippen LogP contribution in [0.3, 0.4) is 0 Å². The lowest BCUT2D eigenvalue weighted by Gasteiger charge is -2.06. The zero-order valence-corrected chi connectivity index (χ0v) is 9.63. The van der Waals surface area contributed by atoms with E-state index in [1.54, 1.807) is 7.11 Å². The Morgan fingerprint density at radius 3 is 2.50 bits per heavy atom. The maximum atomic E-state index is 5.23. The van der Waals surface area contributed by atoms with Crippen LogP contribution in [0.4, 0.5) is 0 Å². The summed E-state index contributed by atoms with van der Waals surface area (Å²) < 4.78 is 5.23. The quantitative estimate of drug-likeness (QED) is 0.663. The van der Waals surface area contributed by atoms with Crippen molar-refractivity contribution in [1.29, 1.82) is 0 Å². The maximum absolute atomic E-state index is 5.23. The van der Waals surface area contributed by atoms with Crippen LogP contribution < -0.4 is 4.74 Å². The van der Waals surface area contributed by atoms with Crippen LogP contribution in [0.15, 0.2) is 30.9 Å². The molecule has 1 heteroatoms. The highest BCUT2D eigenvalue weighted by atomic mass is 16.5. The minimum Gasteiger partial charge on any atom is -0.496 e. The van der Waals surface area contributed by atoms with Crippen LogP contribution in [-0.4, -0.2) is 7.11 Å². The van der Waals surface area contributed by atoms with Crippen molar-refractivity contribution in [3.63, 3.8) is 0 Å². The van der Waals surface area contributed by atoms with E-state index in [0.717, 1.165) is 12.2 Å². The van der Waals surface area contributed by atoms with Crippen molar-refractivity contribution in [3.8, 4) is 5.75 Å². The molecular formula is C13H20O. The molecule has 0 saturated carbocycles. The van der Waals surface area contributed by atoms with Crippen molar-refractivity contribution in [3.05, 3.63) is 42.0 Å². The number of aryl methyl sites for hydroxylation is 1. The summed E-state index contributed by atoms with van der Waals surface area (Å²) in [6, 6.07) is 6.20. The first-order valence-corrected chi connectivity index (χ1v) is 5.02. The second-order valence-corrected chi connectivity index (χ2v) is 2.81. The Balaban J connectivity index is 0.000000791. The minimum absolute atomic E-state index is 0.865. The summed E-state index contributed by atoms with van der Waals surface area (Å²) in [7, 11) is 1.70. The fraction of sp³-hybridized carbons (Fsp3) is 0.385. The smallest absolute Gasteiger partial charge is 0.122 e. The van der Waals surface area contributed by atoms with Gasteiger partial charge in [-0.15, -0.1) is 6.58 Å². The average Bonchev–Trinajstić information content (AvgIpc) is 2.24. The molecular weight excluding hydrogens is 172 g/mol. The molecule has 78 valence electrons. The zero-order chi connectivity index (χ0) is 11.0. The molecule has 0 aliphatic heterocycles. The number of rotatable bonds is 3. The number of hydrogen-bond donors (Lipinski definition) is 0. The van der Waals surface area contributed by atoms with Gasteiger partial charge in [0.1, 0.15) is 5.75 Å². The first kappa shape index (κ1) is 12.8. The van der Waals surface area contributed by atoms with E-state index in [9.17, 15) is 0 Å². The van der Waals surface area contributed by atoms with E-state index >= 15 is 0 Å². The third kappa shape index (κ3) is 3.65. The van der Waals surface area contributed by atoms with Crippen molar-refractivity contribution in [2.24, 2.45) is 0 Å². The van der Waals surface area contributed by atoms with Gasteiger partial charge in [-0.25, -0.2) is 0 Å². The van der Waals surface area contributed by atoms with Gasteiger partial charge in [0, 0.05) is 0 Å².